The Hall–Kier alpha value is -2.12. The van der Waals surface area contributed by atoms with Crippen LogP contribution in [-0.2, 0) is 17.2 Å². The molecule has 7 heteroatoms. The Morgan fingerprint density at radius 3 is 2.45 bits per heavy atom. The Bertz CT molecular complexity index is 1150. The second-order valence-electron chi connectivity index (χ2n) is 11.7. The Morgan fingerprint density at radius 1 is 0.975 bits per heavy atom. The van der Waals surface area contributed by atoms with Crippen LogP contribution in [-0.4, -0.2) is 51.8 Å². The number of halogens is 3. The monoisotopic (exact) mass is 575 g/mol. The van der Waals surface area contributed by atoms with E-state index in [0.717, 1.165) is 70.0 Å². The first-order valence-electron chi connectivity index (χ1n) is 14.9. The molecule has 220 valence electrons. The minimum atomic E-state index is -2.52. The molecule has 40 heavy (non-hydrogen) atoms. The number of aryl methyl sites for hydroxylation is 1. The number of phenols is 1. The van der Waals surface area contributed by atoms with Crippen molar-refractivity contribution in [3.05, 3.63) is 65.0 Å². The first-order valence-corrected chi connectivity index (χ1v) is 16.4. The number of allylic oxidation sites excluding steroid dienone is 2. The molecule has 3 nitrogen and oxygen atoms in total. The molecule has 1 saturated carbocycles. The predicted molar refractivity (Wildman–Crippen MR) is 160 cm³/mol. The fourth-order valence-corrected chi connectivity index (χ4v) is 7.66. The average molecular weight is 576 g/mol. The third-order valence-corrected chi connectivity index (χ3v) is 10.1. The highest BCUT2D eigenvalue weighted by Crippen LogP contribution is 2.40. The first kappa shape index (κ1) is 30.8. The summed E-state index contributed by atoms with van der Waals surface area (Å²) in [4.78, 5) is 2.30. The lowest BCUT2D eigenvalue weighted by Crippen LogP contribution is -2.28. The molecule has 4 rings (SSSR count). The van der Waals surface area contributed by atoms with Gasteiger partial charge in [-0.3, -0.25) is 4.21 Å². The summed E-state index contributed by atoms with van der Waals surface area (Å²) in [6.07, 6.45) is 8.77. The zero-order valence-corrected chi connectivity index (χ0v) is 24.6. The zero-order valence-electron chi connectivity index (χ0n) is 23.8. The summed E-state index contributed by atoms with van der Waals surface area (Å²) in [5.74, 6) is -1.05. The number of phenolic OH excluding ortho intramolecular Hbond substituents is 1. The van der Waals surface area contributed by atoms with Gasteiger partial charge in [-0.15, -0.1) is 0 Å². The van der Waals surface area contributed by atoms with Gasteiger partial charge in [-0.25, -0.2) is 13.2 Å². The standard InChI is InChI=1S/C33H44F3NO2S/c1-37(21-6-22-40(39)24-25-16-18-33(35,36)19-17-25)20-4-2-3-8-32-30(26-10-12-28(34)13-11-26)9-5-7-27-23-29(38)14-15-31(27)32/h10-15,23,25,38H,2-9,16-22,24H2,1H3. The van der Waals surface area contributed by atoms with Crippen LogP contribution < -0.4 is 0 Å². The van der Waals surface area contributed by atoms with E-state index in [2.05, 4.69) is 11.9 Å². The number of rotatable bonds is 13. The van der Waals surface area contributed by atoms with E-state index in [1.54, 1.807) is 6.07 Å². The van der Waals surface area contributed by atoms with Crippen LogP contribution in [0.3, 0.4) is 0 Å². The van der Waals surface area contributed by atoms with Crippen LogP contribution in [0, 0.1) is 11.7 Å². The highest BCUT2D eigenvalue weighted by molar-refractivity contribution is 7.84. The van der Waals surface area contributed by atoms with Crippen molar-refractivity contribution in [2.24, 2.45) is 5.92 Å². The molecular formula is C33H44F3NO2S. The summed E-state index contributed by atoms with van der Waals surface area (Å²) in [6, 6.07) is 12.5. The van der Waals surface area contributed by atoms with Crippen LogP contribution >= 0.6 is 0 Å². The fraction of sp³-hybridized carbons (Fsp3) is 0.576. The molecule has 0 aliphatic heterocycles. The lowest BCUT2D eigenvalue weighted by molar-refractivity contribution is -0.0434. The second-order valence-corrected chi connectivity index (χ2v) is 13.4. The maximum atomic E-state index is 13.6. The minimum absolute atomic E-state index is 0.0570. The molecule has 2 aliphatic carbocycles. The Kier molecular flexibility index (Phi) is 11.3. The number of alkyl halides is 2. The van der Waals surface area contributed by atoms with Crippen molar-refractivity contribution in [2.45, 2.75) is 83.0 Å². The second kappa shape index (κ2) is 14.7. The molecule has 0 aromatic heterocycles. The highest BCUT2D eigenvalue weighted by atomic mass is 32.2. The zero-order chi connectivity index (χ0) is 28.5. The molecule has 0 heterocycles. The fourth-order valence-electron chi connectivity index (χ4n) is 6.19. The molecule has 0 bridgehead atoms. The van der Waals surface area contributed by atoms with Crippen LogP contribution in [0.1, 0.15) is 87.3 Å². The van der Waals surface area contributed by atoms with Crippen LogP contribution in [0.15, 0.2) is 42.5 Å². The van der Waals surface area contributed by atoms with E-state index in [1.165, 1.54) is 34.4 Å². The molecule has 2 aromatic rings. The minimum Gasteiger partial charge on any atom is -0.508 e. The lowest BCUT2D eigenvalue weighted by atomic mass is 9.88. The van der Waals surface area contributed by atoms with Crippen molar-refractivity contribution in [3.63, 3.8) is 0 Å². The van der Waals surface area contributed by atoms with E-state index in [1.807, 2.05) is 24.3 Å². The topological polar surface area (TPSA) is 40.5 Å². The number of unbranched alkanes of at least 4 members (excludes halogenated alkanes) is 2. The van der Waals surface area contributed by atoms with Crippen molar-refractivity contribution < 1.29 is 22.5 Å². The van der Waals surface area contributed by atoms with Crippen LogP contribution in [0.4, 0.5) is 13.2 Å². The summed E-state index contributed by atoms with van der Waals surface area (Å²) in [6.45, 7) is 1.88. The molecule has 2 aliphatic rings. The molecule has 0 amide bonds. The van der Waals surface area contributed by atoms with E-state index in [0.29, 0.717) is 30.1 Å². The molecule has 0 saturated heterocycles. The summed E-state index contributed by atoms with van der Waals surface area (Å²) in [5.41, 5.74) is 6.08. The van der Waals surface area contributed by atoms with Gasteiger partial charge in [0.15, 0.2) is 0 Å². The normalized spacial score (nSPS) is 18.5. The molecule has 2 aromatic carbocycles. The Balaban J connectivity index is 1.22. The smallest absolute Gasteiger partial charge is 0.248 e. The SMILES string of the molecule is CN(CCCCCC1=C(c2ccc(F)cc2)CCCc2cc(O)ccc21)CCCS(=O)CC1CCC(F)(F)CC1. The largest absolute Gasteiger partial charge is 0.508 e. The number of benzene rings is 2. The van der Waals surface area contributed by atoms with Gasteiger partial charge in [0, 0.05) is 35.1 Å². The molecule has 1 atom stereocenters. The number of hydrogen-bond donors (Lipinski definition) is 1. The van der Waals surface area contributed by atoms with E-state index in [-0.39, 0.29) is 24.6 Å². The van der Waals surface area contributed by atoms with Crippen LogP contribution in [0.25, 0.3) is 11.1 Å². The maximum Gasteiger partial charge on any atom is 0.248 e. The molecule has 0 radical (unpaired) electrons. The summed E-state index contributed by atoms with van der Waals surface area (Å²) < 4.78 is 52.7. The summed E-state index contributed by atoms with van der Waals surface area (Å²) in [5, 5.41) is 10.1. The number of fused-ring (bicyclic) bond motifs is 1. The first-order chi connectivity index (χ1) is 19.2. The summed E-state index contributed by atoms with van der Waals surface area (Å²) >= 11 is 0. The van der Waals surface area contributed by atoms with Gasteiger partial charge in [-0.05, 0) is 136 Å². The predicted octanol–water partition coefficient (Wildman–Crippen LogP) is 8.23. The molecule has 1 unspecified atom stereocenters. The van der Waals surface area contributed by atoms with Crippen molar-refractivity contribution in [1.82, 2.24) is 4.90 Å². The van der Waals surface area contributed by atoms with Crippen molar-refractivity contribution in [3.8, 4) is 5.75 Å². The van der Waals surface area contributed by atoms with Gasteiger partial charge >= 0.3 is 0 Å². The number of aromatic hydroxyl groups is 1. The van der Waals surface area contributed by atoms with E-state index >= 15 is 0 Å². The van der Waals surface area contributed by atoms with E-state index in [9.17, 15) is 22.5 Å². The molecule has 1 N–H and O–H groups in total. The molecular weight excluding hydrogens is 531 g/mol. The van der Waals surface area contributed by atoms with E-state index in [4.69, 9.17) is 0 Å². The van der Waals surface area contributed by atoms with Gasteiger partial charge in [0.05, 0.1) is 0 Å². The quantitative estimate of drug-likeness (QED) is 0.245. The lowest BCUT2D eigenvalue weighted by Gasteiger charge is -2.27. The maximum absolute atomic E-state index is 13.6. The van der Waals surface area contributed by atoms with Gasteiger partial charge in [0.2, 0.25) is 5.92 Å². The summed E-state index contributed by atoms with van der Waals surface area (Å²) in [7, 11) is 1.18. The highest BCUT2D eigenvalue weighted by Gasteiger charge is 2.35. The number of hydrogen-bond acceptors (Lipinski definition) is 3. The van der Waals surface area contributed by atoms with Crippen LogP contribution in [0.2, 0.25) is 0 Å². The third kappa shape index (κ3) is 9.20. The van der Waals surface area contributed by atoms with Crippen molar-refractivity contribution >= 4 is 21.9 Å². The van der Waals surface area contributed by atoms with Crippen molar-refractivity contribution in [2.75, 3.05) is 31.6 Å². The molecule has 0 spiro atoms. The van der Waals surface area contributed by atoms with Gasteiger partial charge in [-0.1, -0.05) is 24.6 Å². The van der Waals surface area contributed by atoms with Gasteiger partial charge in [0.25, 0.3) is 0 Å². The van der Waals surface area contributed by atoms with E-state index < -0.39 is 16.7 Å². The van der Waals surface area contributed by atoms with Gasteiger partial charge in [-0.2, -0.15) is 0 Å². The van der Waals surface area contributed by atoms with Crippen LogP contribution in [0.5, 0.6) is 5.75 Å². The van der Waals surface area contributed by atoms with Gasteiger partial charge in [0.1, 0.15) is 11.6 Å². The Labute approximate surface area is 240 Å². The third-order valence-electron chi connectivity index (χ3n) is 8.48. The average Bonchev–Trinajstić information content (AvgIpc) is 3.09. The van der Waals surface area contributed by atoms with Gasteiger partial charge < -0.3 is 10.0 Å². The van der Waals surface area contributed by atoms with Crippen molar-refractivity contribution in [1.29, 1.82) is 0 Å². The number of nitrogens with zero attached hydrogens (tertiary/aromatic N) is 1. The Morgan fingerprint density at radius 2 is 1.70 bits per heavy atom. The molecule has 1 fully saturated rings.